The fraction of sp³-hybridized carbons (Fsp3) is 0.455. The SMILES string of the molecule is CCC(C)c1ccccc1C(Cc1ccccc1)C(C)COC. The van der Waals surface area contributed by atoms with Gasteiger partial charge in [0.05, 0.1) is 0 Å². The second kappa shape index (κ2) is 8.88. The standard InChI is InChI=1S/C22H30O/c1-5-17(2)20-13-9-10-14-21(20)22(18(3)16-23-4)15-19-11-7-6-8-12-19/h6-14,17-18,22H,5,15-16H2,1-4H3. The molecular formula is C22H30O. The fourth-order valence-electron chi connectivity index (χ4n) is 3.38. The molecule has 2 aromatic carbocycles. The number of rotatable bonds is 8. The van der Waals surface area contributed by atoms with E-state index in [4.69, 9.17) is 4.74 Å². The van der Waals surface area contributed by atoms with Gasteiger partial charge in [0, 0.05) is 13.7 Å². The van der Waals surface area contributed by atoms with Crippen molar-refractivity contribution in [3.8, 4) is 0 Å². The third kappa shape index (κ3) is 4.68. The second-order valence-corrected chi connectivity index (χ2v) is 6.67. The molecule has 2 rings (SSSR count). The van der Waals surface area contributed by atoms with E-state index in [-0.39, 0.29) is 0 Å². The maximum atomic E-state index is 5.47. The van der Waals surface area contributed by atoms with Crippen molar-refractivity contribution in [3.05, 3.63) is 71.3 Å². The van der Waals surface area contributed by atoms with Gasteiger partial charge in [-0.15, -0.1) is 0 Å². The summed E-state index contributed by atoms with van der Waals surface area (Å²) in [4.78, 5) is 0. The Bertz CT molecular complexity index is 576. The zero-order valence-corrected chi connectivity index (χ0v) is 15.0. The van der Waals surface area contributed by atoms with Gasteiger partial charge in [-0.05, 0) is 47.3 Å². The van der Waals surface area contributed by atoms with Crippen molar-refractivity contribution in [3.63, 3.8) is 0 Å². The van der Waals surface area contributed by atoms with Crippen molar-refractivity contribution in [2.75, 3.05) is 13.7 Å². The summed E-state index contributed by atoms with van der Waals surface area (Å²) in [5, 5.41) is 0. The number of hydrogen-bond donors (Lipinski definition) is 0. The van der Waals surface area contributed by atoms with Crippen LogP contribution in [0.2, 0.25) is 0 Å². The average molecular weight is 310 g/mol. The Hall–Kier alpha value is -1.60. The second-order valence-electron chi connectivity index (χ2n) is 6.67. The molecule has 0 heterocycles. The summed E-state index contributed by atoms with van der Waals surface area (Å²) in [5.74, 6) is 1.58. The lowest BCUT2D eigenvalue weighted by atomic mass is 9.78. The molecule has 1 heteroatoms. The van der Waals surface area contributed by atoms with Gasteiger partial charge in [-0.25, -0.2) is 0 Å². The van der Waals surface area contributed by atoms with Crippen LogP contribution in [-0.2, 0) is 11.2 Å². The summed E-state index contributed by atoms with van der Waals surface area (Å²) < 4.78 is 5.47. The molecule has 0 aliphatic rings. The minimum absolute atomic E-state index is 0.488. The van der Waals surface area contributed by atoms with Crippen LogP contribution in [-0.4, -0.2) is 13.7 Å². The van der Waals surface area contributed by atoms with Gasteiger partial charge in [0.2, 0.25) is 0 Å². The van der Waals surface area contributed by atoms with Crippen molar-refractivity contribution in [2.45, 2.75) is 45.4 Å². The predicted molar refractivity (Wildman–Crippen MR) is 99.1 cm³/mol. The van der Waals surface area contributed by atoms with E-state index >= 15 is 0 Å². The normalized spacial score (nSPS) is 15.1. The van der Waals surface area contributed by atoms with Crippen LogP contribution in [0.3, 0.4) is 0 Å². The molecular weight excluding hydrogens is 280 g/mol. The zero-order valence-electron chi connectivity index (χ0n) is 15.0. The molecule has 1 nitrogen and oxygen atoms in total. The molecule has 0 bridgehead atoms. The average Bonchev–Trinajstić information content (AvgIpc) is 2.60. The van der Waals surface area contributed by atoms with Crippen molar-refractivity contribution >= 4 is 0 Å². The quantitative estimate of drug-likeness (QED) is 0.598. The lowest BCUT2D eigenvalue weighted by molar-refractivity contribution is 0.146. The highest BCUT2D eigenvalue weighted by Gasteiger charge is 2.23. The van der Waals surface area contributed by atoms with E-state index in [0.29, 0.717) is 17.8 Å². The van der Waals surface area contributed by atoms with Gasteiger partial charge in [0.25, 0.3) is 0 Å². The molecule has 3 atom stereocenters. The van der Waals surface area contributed by atoms with Crippen LogP contribution in [0, 0.1) is 5.92 Å². The van der Waals surface area contributed by atoms with Crippen LogP contribution in [0.25, 0.3) is 0 Å². The highest BCUT2D eigenvalue weighted by molar-refractivity contribution is 5.35. The first-order valence-corrected chi connectivity index (χ1v) is 8.79. The Labute approximate surface area is 141 Å². The summed E-state index contributed by atoms with van der Waals surface area (Å²) in [6.07, 6.45) is 2.24. The first-order chi connectivity index (χ1) is 11.2. The van der Waals surface area contributed by atoms with Gasteiger partial charge in [-0.2, -0.15) is 0 Å². The molecule has 0 amide bonds. The van der Waals surface area contributed by atoms with Crippen molar-refractivity contribution in [2.24, 2.45) is 5.92 Å². The summed E-state index contributed by atoms with van der Waals surface area (Å²) in [7, 11) is 1.80. The Morgan fingerprint density at radius 2 is 1.48 bits per heavy atom. The third-order valence-corrected chi connectivity index (χ3v) is 4.95. The molecule has 3 unspecified atom stereocenters. The van der Waals surface area contributed by atoms with E-state index in [1.165, 1.54) is 23.1 Å². The highest BCUT2D eigenvalue weighted by Crippen LogP contribution is 2.35. The summed E-state index contributed by atoms with van der Waals surface area (Å²) in [6.45, 7) is 7.71. The molecule has 23 heavy (non-hydrogen) atoms. The predicted octanol–water partition coefficient (Wildman–Crippen LogP) is 5.81. The van der Waals surface area contributed by atoms with Crippen LogP contribution >= 0.6 is 0 Å². The van der Waals surface area contributed by atoms with Gasteiger partial charge in [0.1, 0.15) is 0 Å². The van der Waals surface area contributed by atoms with Crippen molar-refractivity contribution in [1.82, 2.24) is 0 Å². The minimum Gasteiger partial charge on any atom is -0.384 e. The Morgan fingerprint density at radius 3 is 2.09 bits per heavy atom. The number of ether oxygens (including phenoxy) is 1. The molecule has 2 aromatic rings. The highest BCUT2D eigenvalue weighted by atomic mass is 16.5. The number of benzene rings is 2. The van der Waals surface area contributed by atoms with Crippen molar-refractivity contribution in [1.29, 1.82) is 0 Å². The van der Waals surface area contributed by atoms with Crippen LogP contribution < -0.4 is 0 Å². The van der Waals surface area contributed by atoms with Crippen LogP contribution in [0.1, 0.15) is 55.7 Å². The van der Waals surface area contributed by atoms with E-state index in [2.05, 4.69) is 75.4 Å². The van der Waals surface area contributed by atoms with Gasteiger partial charge in [0.15, 0.2) is 0 Å². The van der Waals surface area contributed by atoms with E-state index in [0.717, 1.165) is 13.0 Å². The lowest BCUT2D eigenvalue weighted by Crippen LogP contribution is -2.19. The van der Waals surface area contributed by atoms with Gasteiger partial charge in [-0.3, -0.25) is 0 Å². The maximum Gasteiger partial charge on any atom is 0.0493 e. The van der Waals surface area contributed by atoms with Gasteiger partial charge >= 0.3 is 0 Å². The molecule has 0 aliphatic heterocycles. The number of hydrogen-bond acceptors (Lipinski definition) is 1. The molecule has 0 N–H and O–H groups in total. The van der Waals surface area contributed by atoms with E-state index in [9.17, 15) is 0 Å². The fourth-order valence-corrected chi connectivity index (χ4v) is 3.38. The minimum atomic E-state index is 0.488. The zero-order chi connectivity index (χ0) is 16.7. The monoisotopic (exact) mass is 310 g/mol. The largest absolute Gasteiger partial charge is 0.384 e. The summed E-state index contributed by atoms with van der Waals surface area (Å²) in [5.41, 5.74) is 4.40. The first-order valence-electron chi connectivity index (χ1n) is 8.79. The van der Waals surface area contributed by atoms with E-state index in [1.807, 2.05) is 0 Å². The molecule has 0 saturated carbocycles. The lowest BCUT2D eigenvalue weighted by Gasteiger charge is -2.28. The maximum absolute atomic E-state index is 5.47. The molecule has 0 aliphatic carbocycles. The molecule has 0 fully saturated rings. The van der Waals surface area contributed by atoms with Gasteiger partial charge < -0.3 is 4.74 Å². The van der Waals surface area contributed by atoms with Gasteiger partial charge in [-0.1, -0.05) is 75.4 Å². The molecule has 0 radical (unpaired) electrons. The molecule has 0 saturated heterocycles. The Morgan fingerprint density at radius 1 is 0.870 bits per heavy atom. The topological polar surface area (TPSA) is 9.23 Å². The van der Waals surface area contributed by atoms with Crippen LogP contribution in [0.15, 0.2) is 54.6 Å². The van der Waals surface area contributed by atoms with Crippen LogP contribution in [0.4, 0.5) is 0 Å². The Balaban J connectivity index is 2.37. The third-order valence-electron chi connectivity index (χ3n) is 4.95. The molecule has 0 spiro atoms. The molecule has 124 valence electrons. The van der Waals surface area contributed by atoms with E-state index < -0.39 is 0 Å². The summed E-state index contributed by atoms with van der Waals surface area (Å²) >= 11 is 0. The molecule has 0 aromatic heterocycles. The smallest absolute Gasteiger partial charge is 0.0493 e. The van der Waals surface area contributed by atoms with Crippen molar-refractivity contribution < 1.29 is 4.74 Å². The summed E-state index contributed by atoms with van der Waals surface area (Å²) in [6, 6.07) is 19.8. The van der Waals surface area contributed by atoms with Crippen LogP contribution in [0.5, 0.6) is 0 Å². The first kappa shape index (κ1) is 17.7. The Kier molecular flexibility index (Phi) is 6.85. The van der Waals surface area contributed by atoms with E-state index in [1.54, 1.807) is 7.11 Å². The number of methoxy groups -OCH3 is 1.